The van der Waals surface area contributed by atoms with Crippen molar-refractivity contribution in [3.63, 3.8) is 0 Å². The second kappa shape index (κ2) is 12.8. The number of amidine groups is 1. The van der Waals surface area contributed by atoms with Crippen LogP contribution in [0.5, 0.6) is 0 Å². The summed E-state index contributed by atoms with van der Waals surface area (Å²) in [5.74, 6) is -3.53. The minimum absolute atomic E-state index is 0.0503. The van der Waals surface area contributed by atoms with Crippen molar-refractivity contribution in [1.82, 2.24) is 20.0 Å². The molecule has 1 saturated carbocycles. The van der Waals surface area contributed by atoms with E-state index >= 15 is 13.2 Å². The second-order valence-electron chi connectivity index (χ2n) is 13.6. The molecule has 0 amide bonds. The number of nitrogens with one attached hydrogen (secondary N) is 1. The van der Waals surface area contributed by atoms with Crippen molar-refractivity contribution in [1.29, 1.82) is 0 Å². The summed E-state index contributed by atoms with van der Waals surface area (Å²) in [6.45, 7) is 16.7. The Kier molecular flexibility index (Phi) is 9.41. The van der Waals surface area contributed by atoms with Crippen molar-refractivity contribution < 1.29 is 13.2 Å². The molecule has 1 unspecified atom stereocenters. The molecule has 5 aliphatic rings. The van der Waals surface area contributed by atoms with E-state index in [1.54, 1.807) is 25.3 Å². The highest BCUT2D eigenvalue weighted by Crippen LogP contribution is 2.55. The number of likely N-dealkylation sites (N-methyl/N-ethyl adjacent to an activating group) is 1. The van der Waals surface area contributed by atoms with Crippen molar-refractivity contribution in [3.8, 4) is 0 Å². The molecule has 1 aromatic carbocycles. The summed E-state index contributed by atoms with van der Waals surface area (Å²) in [6.07, 6.45) is 10.9. The van der Waals surface area contributed by atoms with E-state index in [9.17, 15) is 0 Å². The normalized spacial score (nSPS) is 29.4. The van der Waals surface area contributed by atoms with Crippen LogP contribution in [0.25, 0.3) is 0 Å². The Bertz CT molecular complexity index is 1350. The SMILES string of the molecule is C=CNC1=N[C@H](C)c2cccc(c2F)C(F)(F)C2CCN(CC2)C(C)CCCCCN(C)C2=C1C=C(C1(C)CC1)C(=C)N2C. The molecule has 8 heteroatoms. The van der Waals surface area contributed by atoms with Gasteiger partial charge in [-0.05, 0) is 88.7 Å². The predicted octanol–water partition coefficient (Wildman–Crippen LogP) is 8.11. The van der Waals surface area contributed by atoms with Crippen molar-refractivity contribution >= 4 is 5.84 Å². The first-order valence-corrected chi connectivity index (χ1v) is 16.4. The molecule has 5 nitrogen and oxygen atoms in total. The Labute approximate surface area is 262 Å². The van der Waals surface area contributed by atoms with Gasteiger partial charge in [0.05, 0.1) is 17.2 Å². The zero-order chi connectivity index (χ0) is 31.8. The van der Waals surface area contributed by atoms with Crippen LogP contribution in [-0.4, -0.2) is 60.3 Å². The number of alkyl halides is 2. The van der Waals surface area contributed by atoms with E-state index < -0.39 is 29.3 Å². The molecule has 1 aliphatic carbocycles. The van der Waals surface area contributed by atoms with E-state index in [-0.39, 0.29) is 11.0 Å². The maximum Gasteiger partial charge on any atom is 0.278 e. The Morgan fingerprint density at radius 1 is 1.02 bits per heavy atom. The van der Waals surface area contributed by atoms with E-state index in [1.807, 2.05) is 7.05 Å². The summed E-state index contributed by atoms with van der Waals surface area (Å²) in [4.78, 5) is 11.7. The van der Waals surface area contributed by atoms with E-state index in [0.29, 0.717) is 37.8 Å². The van der Waals surface area contributed by atoms with E-state index in [1.165, 1.54) is 11.6 Å². The lowest BCUT2D eigenvalue weighted by Crippen LogP contribution is -2.43. The van der Waals surface area contributed by atoms with Crippen LogP contribution in [0.2, 0.25) is 0 Å². The standard InChI is InChI=1S/C36H50F3N5/c1-8-40-33-29-23-31(35(5)18-19-35)26(4)43(7)34(29)42(6)20-11-9-10-13-24(2)44-21-16-27(17-22-44)36(38,39)30-15-12-14-28(32(30)37)25(3)41-33/h8,12,14-15,23-25,27H,1,4,9-11,13,16-22H2,2-3,5-7H3,(H,40,41)/t24?,25-/m1/s1. The molecular weight excluding hydrogens is 559 g/mol. The summed E-state index contributed by atoms with van der Waals surface area (Å²) in [5, 5.41) is 3.22. The fourth-order valence-corrected chi connectivity index (χ4v) is 7.25. The molecule has 4 bridgehead atoms. The van der Waals surface area contributed by atoms with Gasteiger partial charge in [0.2, 0.25) is 0 Å². The summed E-state index contributed by atoms with van der Waals surface area (Å²) in [5.41, 5.74) is 2.69. The van der Waals surface area contributed by atoms with Crippen LogP contribution in [0.3, 0.4) is 0 Å². The zero-order valence-corrected chi connectivity index (χ0v) is 27.2. The number of halogens is 3. The number of hydrogen-bond donors (Lipinski definition) is 1. The number of piperidine rings is 1. The highest BCUT2D eigenvalue weighted by Gasteiger charge is 2.46. The lowest BCUT2D eigenvalue weighted by atomic mass is 9.84. The number of fused-ring (bicyclic) bond motifs is 9. The largest absolute Gasteiger partial charge is 0.360 e. The smallest absolute Gasteiger partial charge is 0.278 e. The molecule has 4 aliphatic heterocycles. The number of rotatable bonds is 2. The molecule has 240 valence electrons. The van der Waals surface area contributed by atoms with E-state index in [4.69, 9.17) is 4.99 Å². The van der Waals surface area contributed by atoms with Crippen molar-refractivity contribution in [2.75, 3.05) is 33.7 Å². The number of benzene rings is 1. The Morgan fingerprint density at radius 2 is 1.73 bits per heavy atom. The fourth-order valence-electron chi connectivity index (χ4n) is 7.25. The quantitative estimate of drug-likeness (QED) is 0.367. The Balaban J connectivity index is 1.62. The molecule has 6 rings (SSSR count). The van der Waals surface area contributed by atoms with Crippen molar-refractivity contribution in [2.45, 2.75) is 90.1 Å². The number of nitrogens with zero attached hydrogens (tertiary/aromatic N) is 4. The fraction of sp³-hybridized carbons (Fsp3) is 0.583. The number of hydrogen-bond acceptors (Lipinski definition) is 5. The average molecular weight is 610 g/mol. The van der Waals surface area contributed by atoms with Gasteiger partial charge in [-0.25, -0.2) is 13.2 Å². The predicted molar refractivity (Wildman–Crippen MR) is 174 cm³/mol. The first kappa shape index (κ1) is 32.4. The highest BCUT2D eigenvalue weighted by molar-refractivity contribution is 6.02. The van der Waals surface area contributed by atoms with Gasteiger partial charge in [-0.15, -0.1) is 0 Å². The average Bonchev–Trinajstić information content (AvgIpc) is 3.75. The first-order chi connectivity index (χ1) is 20.9. The Morgan fingerprint density at radius 3 is 2.39 bits per heavy atom. The summed E-state index contributed by atoms with van der Waals surface area (Å²) >= 11 is 0. The molecule has 1 N–H and O–H groups in total. The van der Waals surface area contributed by atoms with Gasteiger partial charge in [-0.2, -0.15) is 0 Å². The van der Waals surface area contributed by atoms with Crippen LogP contribution in [0.4, 0.5) is 13.2 Å². The van der Waals surface area contributed by atoms with Gasteiger partial charge in [0.15, 0.2) is 0 Å². The van der Waals surface area contributed by atoms with Crippen molar-refractivity contribution in [3.05, 3.63) is 83.2 Å². The van der Waals surface area contributed by atoms with Gasteiger partial charge in [0, 0.05) is 43.9 Å². The highest BCUT2D eigenvalue weighted by atomic mass is 19.3. The molecule has 2 fully saturated rings. The molecule has 44 heavy (non-hydrogen) atoms. The van der Waals surface area contributed by atoms with Gasteiger partial charge in [0.25, 0.3) is 5.92 Å². The van der Waals surface area contributed by atoms with Gasteiger partial charge in [-0.3, -0.25) is 4.99 Å². The molecule has 1 saturated heterocycles. The van der Waals surface area contributed by atoms with Gasteiger partial charge in [0.1, 0.15) is 17.5 Å². The minimum Gasteiger partial charge on any atom is -0.360 e. The molecule has 0 radical (unpaired) electrons. The maximum atomic E-state index is 16.1. The van der Waals surface area contributed by atoms with Crippen LogP contribution in [0.15, 0.2) is 71.3 Å². The van der Waals surface area contributed by atoms with Gasteiger partial charge in [-0.1, -0.05) is 51.1 Å². The molecule has 4 heterocycles. The summed E-state index contributed by atoms with van der Waals surface area (Å²) in [6, 6.07) is 3.99. The maximum absolute atomic E-state index is 16.1. The monoisotopic (exact) mass is 609 g/mol. The minimum atomic E-state index is -3.26. The molecule has 2 atom stereocenters. The summed E-state index contributed by atoms with van der Waals surface area (Å²) < 4.78 is 48.1. The molecular formula is C36H50F3N5. The van der Waals surface area contributed by atoms with Gasteiger partial charge < -0.3 is 20.0 Å². The lowest BCUT2D eigenvalue weighted by Gasteiger charge is -2.40. The van der Waals surface area contributed by atoms with Crippen molar-refractivity contribution in [2.24, 2.45) is 16.3 Å². The Hall–Kier alpha value is -3.00. The number of aliphatic imine (C=N–C) groups is 1. The molecule has 0 spiro atoms. The zero-order valence-electron chi connectivity index (χ0n) is 27.2. The number of allylic oxidation sites excluding steroid dienone is 1. The van der Waals surface area contributed by atoms with Crippen LogP contribution < -0.4 is 5.32 Å². The van der Waals surface area contributed by atoms with Crippen LogP contribution in [0.1, 0.15) is 89.3 Å². The first-order valence-electron chi connectivity index (χ1n) is 16.4. The van der Waals surface area contributed by atoms with Gasteiger partial charge >= 0.3 is 0 Å². The van der Waals surface area contributed by atoms with Crippen LogP contribution in [-0.2, 0) is 5.92 Å². The van der Waals surface area contributed by atoms with Crippen LogP contribution >= 0.6 is 0 Å². The third kappa shape index (κ3) is 6.24. The third-order valence-corrected chi connectivity index (χ3v) is 10.5. The van der Waals surface area contributed by atoms with E-state index in [2.05, 4.69) is 60.1 Å². The van der Waals surface area contributed by atoms with E-state index in [0.717, 1.165) is 62.2 Å². The summed E-state index contributed by atoms with van der Waals surface area (Å²) in [7, 11) is 4.13. The third-order valence-electron chi connectivity index (χ3n) is 10.5. The topological polar surface area (TPSA) is 34.1 Å². The second-order valence-corrected chi connectivity index (χ2v) is 13.6. The lowest BCUT2D eigenvalue weighted by molar-refractivity contribution is -0.0907. The molecule has 0 aromatic heterocycles. The van der Waals surface area contributed by atoms with Crippen LogP contribution in [0, 0.1) is 17.2 Å². The molecule has 1 aromatic rings.